The number of fused-ring (bicyclic) bond motifs is 7. The third-order valence-corrected chi connectivity index (χ3v) is 15.1. The molecular formula is C33H50O9S4. The van der Waals surface area contributed by atoms with Gasteiger partial charge in [0.05, 0.1) is 45.1 Å². The second-order valence-corrected chi connectivity index (χ2v) is 18.4. The van der Waals surface area contributed by atoms with Crippen LogP contribution in [0.4, 0.5) is 0 Å². The Morgan fingerprint density at radius 1 is 1.02 bits per heavy atom. The highest BCUT2D eigenvalue weighted by Crippen LogP contribution is 2.70. The first-order valence-electron chi connectivity index (χ1n) is 16.3. The van der Waals surface area contributed by atoms with E-state index < -0.39 is 80.1 Å². The standard InChI is InChI=1S/C33H50O9S4/c1-6-16(4)28(39)42-26-25(41-27(38)15(2)3)30(14-34)20(13-31(26,40)43)19-8-7-17-18(32(19,44)24(37)23(30)36)9-10-21-29(17,5)12-11-22(35)33(21,45)46/h6,8,15,17-18,20-26,34-37,40,43-46H,7,9-14H2,1-5H3/b16-6-/t17?,18-,20?,21?,22+,23-,24+,25+,26+,29-,30+,31+,32-/m1/s1. The van der Waals surface area contributed by atoms with Gasteiger partial charge in [-0.25, -0.2) is 4.79 Å². The maximum Gasteiger partial charge on any atom is 0.333 e. The van der Waals surface area contributed by atoms with Gasteiger partial charge in [-0.3, -0.25) is 4.79 Å². The van der Waals surface area contributed by atoms with Crippen LogP contribution in [0.2, 0.25) is 0 Å². The van der Waals surface area contributed by atoms with Crippen LogP contribution in [-0.2, 0) is 19.1 Å². The normalized spacial score (nSPS) is 48.3. The lowest BCUT2D eigenvalue weighted by molar-refractivity contribution is -0.267. The van der Waals surface area contributed by atoms with Gasteiger partial charge in [-0.05, 0) is 81.5 Å². The number of ether oxygens (including phenoxy) is 2. The van der Waals surface area contributed by atoms with E-state index in [-0.39, 0.29) is 35.2 Å². The van der Waals surface area contributed by atoms with E-state index >= 15 is 0 Å². The SMILES string of the molecule is C/C=C(/C)C(=O)O[C@H]1[C@H](OC(=O)C(C)C)[C@@]2(CO)C(C[C@]1(O)S)C1=CCC3[C@@H](CCC4C(S)(S)[C@@H](O)CC[C@]34C)[C@]1(S)[C@@H](O)[C@H]2O. The van der Waals surface area contributed by atoms with Crippen molar-refractivity contribution in [1.82, 2.24) is 0 Å². The summed E-state index contributed by atoms with van der Waals surface area (Å²) in [6.07, 6.45) is -0.543. The average molecular weight is 719 g/mol. The summed E-state index contributed by atoms with van der Waals surface area (Å²) < 4.78 is 9.58. The van der Waals surface area contributed by atoms with Gasteiger partial charge >= 0.3 is 11.9 Å². The second-order valence-electron chi connectivity index (χ2n) is 15.0. The molecule has 5 aliphatic rings. The Morgan fingerprint density at radius 2 is 1.67 bits per heavy atom. The predicted molar refractivity (Wildman–Crippen MR) is 186 cm³/mol. The van der Waals surface area contributed by atoms with Crippen LogP contribution in [0.1, 0.15) is 73.1 Å². The monoisotopic (exact) mass is 718 g/mol. The number of thiol groups is 4. The van der Waals surface area contributed by atoms with E-state index in [1.807, 2.05) is 6.08 Å². The first kappa shape index (κ1) is 36.9. The maximum absolute atomic E-state index is 13.2. The molecule has 0 aromatic carbocycles. The minimum absolute atomic E-state index is 0.00713. The first-order chi connectivity index (χ1) is 21.3. The van der Waals surface area contributed by atoms with E-state index in [2.05, 4.69) is 19.6 Å². The highest BCUT2D eigenvalue weighted by Gasteiger charge is 2.75. The molecule has 0 aliphatic heterocycles. The van der Waals surface area contributed by atoms with Crippen LogP contribution in [0, 0.1) is 40.4 Å². The number of rotatable bonds is 5. The van der Waals surface area contributed by atoms with Crippen molar-refractivity contribution in [3.63, 3.8) is 0 Å². The largest absolute Gasteiger partial charge is 0.457 e. The number of carbonyl (C=O) groups excluding carboxylic acids is 2. The van der Waals surface area contributed by atoms with E-state index in [0.717, 1.165) is 6.42 Å². The highest BCUT2D eigenvalue weighted by atomic mass is 32.2. The van der Waals surface area contributed by atoms with Crippen molar-refractivity contribution in [2.75, 3.05) is 6.61 Å². The third kappa shape index (κ3) is 5.18. The van der Waals surface area contributed by atoms with Gasteiger partial charge in [-0.15, -0.1) is 12.6 Å². The Bertz CT molecular complexity index is 1300. The molecule has 46 heavy (non-hydrogen) atoms. The van der Waals surface area contributed by atoms with Crippen molar-refractivity contribution >= 4 is 62.5 Å². The zero-order chi connectivity index (χ0) is 34.4. The number of allylic oxidation sites excluding steroid dienone is 2. The summed E-state index contributed by atoms with van der Waals surface area (Å²) >= 11 is 19.5. The maximum atomic E-state index is 13.2. The van der Waals surface area contributed by atoms with Crippen LogP contribution >= 0.6 is 50.5 Å². The smallest absolute Gasteiger partial charge is 0.333 e. The molecule has 0 heterocycles. The molecule has 13 heteroatoms. The quantitative estimate of drug-likeness (QED) is 0.0687. The molecule has 5 N–H and O–H groups in total. The Morgan fingerprint density at radius 3 is 2.26 bits per heavy atom. The topological polar surface area (TPSA) is 154 Å². The van der Waals surface area contributed by atoms with Gasteiger partial charge in [0.15, 0.2) is 12.2 Å². The van der Waals surface area contributed by atoms with E-state index in [9.17, 15) is 35.1 Å². The number of aliphatic hydroxyl groups excluding tert-OH is 4. The minimum atomic E-state index is -2.05. The van der Waals surface area contributed by atoms with Gasteiger partial charge < -0.3 is 35.0 Å². The molecule has 0 aromatic heterocycles. The van der Waals surface area contributed by atoms with Gasteiger partial charge in [0.25, 0.3) is 0 Å². The average Bonchev–Trinajstić information content (AvgIpc) is 2.99. The van der Waals surface area contributed by atoms with Crippen LogP contribution in [0.5, 0.6) is 0 Å². The number of hydrogen-bond acceptors (Lipinski definition) is 13. The summed E-state index contributed by atoms with van der Waals surface area (Å²) in [5, 5.41) is 58.4. The molecule has 0 bridgehead atoms. The van der Waals surface area contributed by atoms with Crippen LogP contribution in [0.3, 0.4) is 0 Å². The molecule has 4 saturated carbocycles. The zero-order valence-corrected chi connectivity index (χ0v) is 30.6. The van der Waals surface area contributed by atoms with Gasteiger partial charge in [-0.2, -0.15) is 37.9 Å². The molecule has 5 rings (SSSR count). The summed E-state index contributed by atoms with van der Waals surface area (Å²) in [7, 11) is 0. The van der Waals surface area contributed by atoms with E-state index in [4.69, 9.17) is 47.4 Å². The van der Waals surface area contributed by atoms with Crippen molar-refractivity contribution in [1.29, 1.82) is 0 Å². The highest BCUT2D eigenvalue weighted by molar-refractivity contribution is 8.00. The van der Waals surface area contributed by atoms with Gasteiger partial charge in [0.2, 0.25) is 0 Å². The van der Waals surface area contributed by atoms with Crippen molar-refractivity contribution in [2.24, 2.45) is 40.4 Å². The fourth-order valence-electron chi connectivity index (χ4n) is 9.79. The molecule has 3 unspecified atom stereocenters. The molecule has 0 saturated heterocycles. The molecule has 0 radical (unpaired) electrons. The number of esters is 2. The molecule has 0 aromatic rings. The van der Waals surface area contributed by atoms with Gasteiger partial charge in [0, 0.05) is 5.57 Å². The molecule has 0 spiro atoms. The third-order valence-electron chi connectivity index (χ3n) is 12.5. The summed E-state index contributed by atoms with van der Waals surface area (Å²) in [5.41, 5.74) is -1.18. The van der Waals surface area contributed by atoms with Crippen LogP contribution in [0.25, 0.3) is 0 Å². The van der Waals surface area contributed by atoms with Crippen molar-refractivity contribution in [2.45, 2.75) is 117 Å². The second kappa shape index (κ2) is 12.4. The van der Waals surface area contributed by atoms with Crippen LogP contribution in [0.15, 0.2) is 23.3 Å². The minimum Gasteiger partial charge on any atom is -0.457 e. The Kier molecular flexibility index (Phi) is 9.97. The molecule has 0 amide bonds. The lowest BCUT2D eigenvalue weighted by atomic mass is 9.42. The Hall–Kier alpha value is -0.380. The van der Waals surface area contributed by atoms with Gasteiger partial charge in [-0.1, -0.05) is 38.5 Å². The molecule has 5 aliphatic carbocycles. The Labute approximate surface area is 293 Å². The van der Waals surface area contributed by atoms with Gasteiger partial charge in [0.1, 0.15) is 4.93 Å². The van der Waals surface area contributed by atoms with E-state index in [1.165, 1.54) is 13.0 Å². The fourth-order valence-corrected chi connectivity index (χ4v) is 12.0. The van der Waals surface area contributed by atoms with Crippen LogP contribution < -0.4 is 0 Å². The molecule has 4 fully saturated rings. The Balaban J connectivity index is 1.65. The fraction of sp³-hybridized carbons (Fsp3) is 0.818. The summed E-state index contributed by atoms with van der Waals surface area (Å²) in [6, 6.07) is 0. The van der Waals surface area contributed by atoms with Crippen molar-refractivity contribution in [3.8, 4) is 0 Å². The lowest BCUT2D eigenvalue weighted by Gasteiger charge is -2.69. The number of hydrogen-bond donors (Lipinski definition) is 9. The molecule has 9 nitrogen and oxygen atoms in total. The summed E-state index contributed by atoms with van der Waals surface area (Å²) in [4.78, 5) is 24.2. The van der Waals surface area contributed by atoms with E-state index in [1.54, 1.807) is 20.8 Å². The molecule has 13 atom stereocenters. The number of carbonyl (C=O) groups is 2. The summed E-state index contributed by atoms with van der Waals surface area (Å²) in [5.74, 6) is -3.18. The lowest BCUT2D eigenvalue weighted by Crippen LogP contribution is -2.77. The van der Waals surface area contributed by atoms with Crippen LogP contribution in [-0.4, -0.2) is 88.4 Å². The number of aliphatic hydroxyl groups is 5. The zero-order valence-electron chi connectivity index (χ0n) is 27.0. The van der Waals surface area contributed by atoms with Crippen molar-refractivity contribution < 1.29 is 44.6 Å². The van der Waals surface area contributed by atoms with Crippen molar-refractivity contribution in [3.05, 3.63) is 23.3 Å². The molecule has 260 valence electrons. The summed E-state index contributed by atoms with van der Waals surface area (Å²) in [6.45, 7) is 7.87. The predicted octanol–water partition coefficient (Wildman–Crippen LogP) is 3.14. The molecular weight excluding hydrogens is 669 g/mol. The first-order valence-corrected chi connectivity index (χ1v) is 18.1. The van der Waals surface area contributed by atoms with E-state index in [0.29, 0.717) is 31.3 Å².